The monoisotopic (exact) mass is 300 g/mol. The van der Waals surface area contributed by atoms with Crippen molar-refractivity contribution in [2.24, 2.45) is 0 Å². The van der Waals surface area contributed by atoms with Gasteiger partial charge < -0.3 is 9.84 Å². The van der Waals surface area contributed by atoms with E-state index in [2.05, 4.69) is 11.3 Å². The summed E-state index contributed by atoms with van der Waals surface area (Å²) in [6.07, 6.45) is 1.32. The van der Waals surface area contributed by atoms with Gasteiger partial charge in [-0.15, -0.1) is 0 Å². The number of rotatable bonds is 6. The Kier molecular flexibility index (Phi) is 5.29. The highest BCUT2D eigenvalue weighted by Gasteiger charge is 2.27. The van der Waals surface area contributed by atoms with Crippen LogP contribution >= 0.6 is 0 Å². The van der Waals surface area contributed by atoms with E-state index in [1.165, 1.54) is 6.92 Å². The smallest absolute Gasteiger partial charge is 0.342 e. The highest BCUT2D eigenvalue weighted by atomic mass is 19.2. The number of carboxylic acid groups (broad SMARTS) is 1. The molecule has 0 saturated carbocycles. The first-order chi connectivity index (χ1) is 9.84. The number of ether oxygens (including phenoxy) is 1. The lowest BCUT2D eigenvalue weighted by Crippen LogP contribution is -2.16. The molecule has 0 heterocycles. The van der Waals surface area contributed by atoms with Crippen LogP contribution in [-0.2, 0) is 9.53 Å². The number of Topliss-reactive ketones (excluding diaryl/α,β-unsaturated/α-hetero) is 1. The Morgan fingerprint density at radius 2 is 1.95 bits per heavy atom. The Balaban J connectivity index is 3.45. The first-order valence-corrected chi connectivity index (χ1v) is 5.74. The molecule has 0 aliphatic rings. The van der Waals surface area contributed by atoms with Crippen molar-refractivity contribution < 1.29 is 32.6 Å². The molecular weight excluding hydrogens is 289 g/mol. The van der Waals surface area contributed by atoms with E-state index in [1.54, 1.807) is 0 Å². The van der Waals surface area contributed by atoms with Crippen molar-refractivity contribution in [3.8, 4) is 0 Å². The highest BCUT2D eigenvalue weighted by Crippen LogP contribution is 2.23. The number of carbonyl (C=O) groups excluding carboxylic acids is 1. The summed E-state index contributed by atoms with van der Waals surface area (Å²) in [6.45, 7) is 4.72. The Morgan fingerprint density at radius 3 is 2.43 bits per heavy atom. The van der Waals surface area contributed by atoms with Crippen molar-refractivity contribution in [1.29, 1.82) is 0 Å². The zero-order chi connectivity index (χ0) is 16.2. The van der Waals surface area contributed by atoms with Gasteiger partial charge in [-0.3, -0.25) is 4.79 Å². The van der Waals surface area contributed by atoms with Crippen molar-refractivity contribution in [3.05, 3.63) is 53.1 Å². The Bertz CT molecular complexity index is 636. The number of ketones is 1. The van der Waals surface area contributed by atoms with Crippen LogP contribution in [0.25, 0.3) is 6.08 Å². The SMILES string of the molecule is C=Cc1c(F)c(F)cc(C(=O)C(=COCC)C(=O)O)c1F. The predicted octanol–water partition coefficient (Wildman–Crippen LogP) is 2.93. The van der Waals surface area contributed by atoms with Gasteiger partial charge in [-0.2, -0.15) is 0 Å². The Morgan fingerprint density at radius 1 is 1.33 bits per heavy atom. The number of aliphatic carboxylic acids is 1. The van der Waals surface area contributed by atoms with Crippen molar-refractivity contribution >= 4 is 17.8 Å². The minimum Gasteiger partial charge on any atom is -0.500 e. The Hall–Kier alpha value is -2.57. The van der Waals surface area contributed by atoms with Crippen molar-refractivity contribution in [1.82, 2.24) is 0 Å². The topological polar surface area (TPSA) is 63.6 Å². The number of halogens is 3. The second-order valence-corrected chi connectivity index (χ2v) is 3.77. The maximum atomic E-state index is 14.0. The fourth-order valence-corrected chi connectivity index (χ4v) is 1.48. The van der Waals surface area contributed by atoms with Gasteiger partial charge >= 0.3 is 5.97 Å². The van der Waals surface area contributed by atoms with E-state index in [4.69, 9.17) is 5.11 Å². The van der Waals surface area contributed by atoms with E-state index >= 15 is 0 Å². The van der Waals surface area contributed by atoms with Crippen LogP contribution in [0.2, 0.25) is 0 Å². The van der Waals surface area contributed by atoms with Crippen LogP contribution in [0.5, 0.6) is 0 Å². The van der Waals surface area contributed by atoms with E-state index in [0.717, 1.165) is 0 Å². The van der Waals surface area contributed by atoms with Crippen LogP contribution in [0.3, 0.4) is 0 Å². The number of hydrogen-bond donors (Lipinski definition) is 1. The zero-order valence-corrected chi connectivity index (χ0v) is 11.0. The molecule has 112 valence electrons. The molecule has 1 rings (SSSR count). The van der Waals surface area contributed by atoms with Gasteiger partial charge in [0, 0.05) is 5.56 Å². The second kappa shape index (κ2) is 6.74. The molecule has 0 aliphatic carbocycles. The van der Waals surface area contributed by atoms with E-state index in [1.807, 2.05) is 0 Å². The van der Waals surface area contributed by atoms with Crippen LogP contribution in [0, 0.1) is 17.5 Å². The van der Waals surface area contributed by atoms with Gasteiger partial charge in [0.05, 0.1) is 12.2 Å². The van der Waals surface area contributed by atoms with Gasteiger partial charge in [0.1, 0.15) is 17.7 Å². The number of carboxylic acids is 1. The lowest BCUT2D eigenvalue weighted by molar-refractivity contribution is -0.132. The number of hydrogen-bond acceptors (Lipinski definition) is 3. The third kappa shape index (κ3) is 3.31. The van der Waals surface area contributed by atoms with E-state index in [0.29, 0.717) is 18.4 Å². The number of carbonyl (C=O) groups is 2. The molecule has 7 heteroatoms. The highest BCUT2D eigenvalue weighted by molar-refractivity contribution is 6.23. The van der Waals surface area contributed by atoms with Gasteiger partial charge in [-0.05, 0) is 13.0 Å². The van der Waals surface area contributed by atoms with Crippen LogP contribution in [0.4, 0.5) is 13.2 Å². The fraction of sp³-hybridized carbons (Fsp3) is 0.143. The summed E-state index contributed by atoms with van der Waals surface area (Å²) in [5, 5.41) is 8.89. The summed E-state index contributed by atoms with van der Waals surface area (Å²) in [7, 11) is 0. The molecule has 0 fully saturated rings. The quantitative estimate of drug-likeness (QED) is 0.219. The molecule has 0 amide bonds. The van der Waals surface area contributed by atoms with E-state index in [-0.39, 0.29) is 6.61 Å². The minimum absolute atomic E-state index is 0.0717. The minimum atomic E-state index is -1.68. The molecule has 0 radical (unpaired) electrons. The average molecular weight is 300 g/mol. The van der Waals surface area contributed by atoms with Crippen molar-refractivity contribution in [2.75, 3.05) is 6.61 Å². The first-order valence-electron chi connectivity index (χ1n) is 5.74. The summed E-state index contributed by atoms with van der Waals surface area (Å²) in [6, 6.07) is 0.294. The van der Waals surface area contributed by atoms with Gasteiger partial charge in [-0.25, -0.2) is 18.0 Å². The summed E-state index contributed by atoms with van der Waals surface area (Å²) in [5.74, 6) is -7.41. The maximum Gasteiger partial charge on any atom is 0.342 e. The molecule has 0 bridgehead atoms. The van der Waals surface area contributed by atoms with Crippen LogP contribution < -0.4 is 0 Å². The summed E-state index contributed by atoms with van der Waals surface area (Å²) >= 11 is 0. The molecule has 1 aromatic carbocycles. The fourth-order valence-electron chi connectivity index (χ4n) is 1.48. The first kappa shape index (κ1) is 16.5. The van der Waals surface area contributed by atoms with Crippen LogP contribution in [-0.4, -0.2) is 23.5 Å². The average Bonchev–Trinajstić information content (AvgIpc) is 2.43. The lowest BCUT2D eigenvalue weighted by Gasteiger charge is -2.08. The number of benzene rings is 1. The molecular formula is C14H11F3O4. The largest absolute Gasteiger partial charge is 0.500 e. The summed E-state index contributed by atoms with van der Waals surface area (Å²) in [5.41, 5.74) is -2.67. The molecule has 0 saturated heterocycles. The van der Waals surface area contributed by atoms with Crippen molar-refractivity contribution in [3.63, 3.8) is 0 Å². The third-order valence-electron chi connectivity index (χ3n) is 2.48. The summed E-state index contributed by atoms with van der Waals surface area (Å²) in [4.78, 5) is 22.9. The standard InChI is InChI=1S/C14H11F3O4/c1-3-7-11(16)8(5-10(15)12(7)17)13(18)9(14(19)20)6-21-4-2/h3,5-6H,1,4H2,2H3,(H,19,20). The second-order valence-electron chi connectivity index (χ2n) is 3.77. The zero-order valence-electron chi connectivity index (χ0n) is 11.0. The van der Waals surface area contributed by atoms with Gasteiger partial charge in [0.2, 0.25) is 5.78 Å². The molecule has 0 aliphatic heterocycles. The molecule has 1 aromatic rings. The van der Waals surface area contributed by atoms with Gasteiger partial charge in [0.25, 0.3) is 0 Å². The van der Waals surface area contributed by atoms with E-state index < -0.39 is 45.9 Å². The van der Waals surface area contributed by atoms with Crippen LogP contribution in [0.1, 0.15) is 22.8 Å². The molecule has 4 nitrogen and oxygen atoms in total. The summed E-state index contributed by atoms with van der Waals surface area (Å²) < 4.78 is 45.3. The molecule has 1 N–H and O–H groups in total. The third-order valence-corrected chi connectivity index (χ3v) is 2.48. The molecule has 0 spiro atoms. The molecule has 21 heavy (non-hydrogen) atoms. The van der Waals surface area contributed by atoms with E-state index in [9.17, 15) is 22.8 Å². The molecule has 0 aromatic heterocycles. The normalized spacial score (nSPS) is 11.1. The van der Waals surface area contributed by atoms with Gasteiger partial charge in [-0.1, -0.05) is 12.7 Å². The van der Waals surface area contributed by atoms with Crippen LogP contribution in [0.15, 0.2) is 24.5 Å². The maximum absolute atomic E-state index is 14.0. The molecule has 0 atom stereocenters. The van der Waals surface area contributed by atoms with Gasteiger partial charge in [0.15, 0.2) is 11.6 Å². The predicted molar refractivity (Wildman–Crippen MR) is 68.1 cm³/mol. The lowest BCUT2D eigenvalue weighted by atomic mass is 10.0. The molecule has 0 unspecified atom stereocenters. The Labute approximate surface area is 118 Å². The van der Waals surface area contributed by atoms with Crippen molar-refractivity contribution in [2.45, 2.75) is 6.92 Å².